The summed E-state index contributed by atoms with van der Waals surface area (Å²) in [5, 5.41) is 0. The van der Waals surface area contributed by atoms with Crippen LogP contribution in [-0.4, -0.2) is 0 Å². The van der Waals surface area contributed by atoms with Crippen LogP contribution in [0.3, 0.4) is 0 Å². The van der Waals surface area contributed by atoms with Crippen molar-refractivity contribution >= 4 is 0 Å². The van der Waals surface area contributed by atoms with Gasteiger partial charge >= 0.3 is 0 Å². The molecule has 0 unspecified atom stereocenters. The molecule has 0 saturated carbocycles. The second-order valence-electron chi connectivity index (χ2n) is 3.66. The van der Waals surface area contributed by atoms with E-state index in [1.165, 1.54) is 6.07 Å². The molecule has 0 aliphatic rings. The molecule has 0 nitrogen and oxygen atoms in total. The summed E-state index contributed by atoms with van der Waals surface area (Å²) >= 11 is 0. The molecule has 0 fully saturated rings. The number of hydrogen-bond donors (Lipinski definition) is 0. The van der Waals surface area contributed by atoms with E-state index in [4.69, 9.17) is 0 Å². The second-order valence-corrected chi connectivity index (χ2v) is 3.66. The van der Waals surface area contributed by atoms with Crippen molar-refractivity contribution in [2.24, 2.45) is 0 Å². The lowest BCUT2D eigenvalue weighted by Crippen LogP contribution is -1.84. The summed E-state index contributed by atoms with van der Waals surface area (Å²) in [4.78, 5) is 0. The number of halogens is 1. The first-order chi connectivity index (χ1) is 7.16. The van der Waals surface area contributed by atoms with E-state index in [2.05, 4.69) is 6.92 Å². The van der Waals surface area contributed by atoms with Gasteiger partial charge in [0, 0.05) is 0 Å². The third-order valence-corrected chi connectivity index (χ3v) is 2.45. The maximum atomic E-state index is 13.1. The summed E-state index contributed by atoms with van der Waals surface area (Å²) in [5.41, 5.74) is 3.78. The zero-order chi connectivity index (χ0) is 10.8. The standard InChI is InChI=1S/C14H12F/c1-10-3-5-12(6-4-10)13-7-8-14(15)11(2)9-13/h3-9H,1H2,2H3. The lowest BCUT2D eigenvalue weighted by atomic mass is 10.0. The van der Waals surface area contributed by atoms with Gasteiger partial charge < -0.3 is 0 Å². The van der Waals surface area contributed by atoms with Crippen LogP contribution in [-0.2, 0) is 0 Å². The van der Waals surface area contributed by atoms with E-state index in [-0.39, 0.29) is 5.82 Å². The summed E-state index contributed by atoms with van der Waals surface area (Å²) in [5.74, 6) is -0.160. The van der Waals surface area contributed by atoms with Crippen LogP contribution in [0.15, 0.2) is 42.5 Å². The second kappa shape index (κ2) is 3.85. The SMILES string of the molecule is [CH2]c1ccc(-c2ccc(F)c(C)c2)cc1. The average Bonchev–Trinajstić information content (AvgIpc) is 2.23. The fourth-order valence-electron chi connectivity index (χ4n) is 1.52. The van der Waals surface area contributed by atoms with Crippen molar-refractivity contribution in [1.29, 1.82) is 0 Å². The Morgan fingerprint density at radius 1 is 0.933 bits per heavy atom. The van der Waals surface area contributed by atoms with Gasteiger partial charge in [0.2, 0.25) is 0 Å². The Kier molecular flexibility index (Phi) is 2.55. The van der Waals surface area contributed by atoms with Crippen molar-refractivity contribution in [3.05, 3.63) is 66.3 Å². The van der Waals surface area contributed by atoms with Crippen LogP contribution < -0.4 is 0 Å². The summed E-state index contributed by atoms with van der Waals surface area (Å²) in [6.45, 7) is 5.60. The van der Waals surface area contributed by atoms with E-state index in [1.807, 2.05) is 30.3 Å². The summed E-state index contributed by atoms with van der Waals surface area (Å²) in [6.07, 6.45) is 0. The van der Waals surface area contributed by atoms with Crippen LogP contribution in [0.5, 0.6) is 0 Å². The molecule has 0 aromatic heterocycles. The molecule has 15 heavy (non-hydrogen) atoms. The number of hydrogen-bond acceptors (Lipinski definition) is 0. The van der Waals surface area contributed by atoms with Gasteiger partial charge in [0.05, 0.1) is 0 Å². The fourth-order valence-corrected chi connectivity index (χ4v) is 1.52. The molecule has 75 valence electrons. The van der Waals surface area contributed by atoms with E-state index in [0.717, 1.165) is 16.7 Å². The zero-order valence-electron chi connectivity index (χ0n) is 8.63. The topological polar surface area (TPSA) is 0 Å². The minimum atomic E-state index is -0.160. The van der Waals surface area contributed by atoms with Crippen molar-refractivity contribution in [3.63, 3.8) is 0 Å². The number of rotatable bonds is 1. The van der Waals surface area contributed by atoms with Crippen molar-refractivity contribution in [1.82, 2.24) is 0 Å². The smallest absolute Gasteiger partial charge is 0.126 e. The van der Waals surface area contributed by atoms with Gasteiger partial charge in [-0.2, -0.15) is 0 Å². The van der Waals surface area contributed by atoms with Crippen LogP contribution in [0.4, 0.5) is 4.39 Å². The molecule has 0 atom stereocenters. The van der Waals surface area contributed by atoms with Gasteiger partial charge in [0.25, 0.3) is 0 Å². The molecule has 1 heteroatoms. The van der Waals surface area contributed by atoms with Crippen LogP contribution in [0, 0.1) is 19.7 Å². The average molecular weight is 199 g/mol. The highest BCUT2D eigenvalue weighted by molar-refractivity contribution is 5.64. The summed E-state index contributed by atoms with van der Waals surface area (Å²) < 4.78 is 13.1. The minimum absolute atomic E-state index is 0.160. The Hall–Kier alpha value is -1.63. The summed E-state index contributed by atoms with van der Waals surface area (Å²) in [6, 6.07) is 13.0. The van der Waals surface area contributed by atoms with Gasteiger partial charge in [-0.25, -0.2) is 4.39 Å². The molecule has 0 amide bonds. The molecule has 1 radical (unpaired) electrons. The largest absolute Gasteiger partial charge is 0.207 e. The Balaban J connectivity index is 2.45. The summed E-state index contributed by atoms with van der Waals surface area (Å²) in [7, 11) is 0. The Bertz CT molecular complexity index is 469. The monoisotopic (exact) mass is 199 g/mol. The van der Waals surface area contributed by atoms with E-state index in [0.29, 0.717) is 5.56 Å². The Morgan fingerprint density at radius 2 is 1.53 bits per heavy atom. The molecule has 0 spiro atoms. The Morgan fingerprint density at radius 3 is 2.13 bits per heavy atom. The zero-order valence-corrected chi connectivity index (χ0v) is 8.63. The van der Waals surface area contributed by atoms with Crippen molar-refractivity contribution < 1.29 is 4.39 Å². The van der Waals surface area contributed by atoms with Gasteiger partial charge in [-0.3, -0.25) is 0 Å². The number of benzene rings is 2. The molecule has 2 aromatic carbocycles. The van der Waals surface area contributed by atoms with Crippen LogP contribution in [0.2, 0.25) is 0 Å². The van der Waals surface area contributed by atoms with E-state index in [9.17, 15) is 4.39 Å². The normalized spacial score (nSPS) is 10.3. The predicted molar refractivity (Wildman–Crippen MR) is 61.0 cm³/mol. The van der Waals surface area contributed by atoms with Gasteiger partial charge in [-0.1, -0.05) is 30.3 Å². The van der Waals surface area contributed by atoms with Gasteiger partial charge in [0.15, 0.2) is 0 Å². The van der Waals surface area contributed by atoms with Crippen molar-refractivity contribution in [3.8, 4) is 11.1 Å². The minimum Gasteiger partial charge on any atom is -0.207 e. The lowest BCUT2D eigenvalue weighted by molar-refractivity contribution is 0.619. The first-order valence-electron chi connectivity index (χ1n) is 4.85. The predicted octanol–water partition coefficient (Wildman–Crippen LogP) is 3.98. The van der Waals surface area contributed by atoms with Crippen LogP contribution in [0.25, 0.3) is 11.1 Å². The van der Waals surface area contributed by atoms with Gasteiger partial charge in [-0.05, 0) is 48.2 Å². The first-order valence-corrected chi connectivity index (χ1v) is 4.85. The highest BCUT2D eigenvalue weighted by Gasteiger charge is 2.00. The Labute approximate surface area is 89.4 Å². The maximum Gasteiger partial charge on any atom is 0.126 e. The molecule has 0 aliphatic heterocycles. The third-order valence-electron chi connectivity index (χ3n) is 2.45. The lowest BCUT2D eigenvalue weighted by Gasteiger charge is -2.04. The first kappa shape index (κ1) is 9.91. The fraction of sp³-hybridized carbons (Fsp3) is 0.0714. The van der Waals surface area contributed by atoms with E-state index < -0.39 is 0 Å². The van der Waals surface area contributed by atoms with Crippen molar-refractivity contribution in [2.45, 2.75) is 6.92 Å². The molecule has 0 aliphatic carbocycles. The molecule has 0 N–H and O–H groups in total. The molecule has 2 aromatic rings. The van der Waals surface area contributed by atoms with Crippen molar-refractivity contribution in [2.75, 3.05) is 0 Å². The maximum absolute atomic E-state index is 13.1. The highest BCUT2D eigenvalue weighted by Crippen LogP contribution is 2.21. The molecule has 0 heterocycles. The molecule has 2 rings (SSSR count). The molecule has 0 bridgehead atoms. The third kappa shape index (κ3) is 2.07. The van der Waals surface area contributed by atoms with E-state index in [1.54, 1.807) is 13.0 Å². The number of aryl methyl sites for hydroxylation is 1. The molecular formula is C14H12F. The molecule has 0 saturated heterocycles. The molecular weight excluding hydrogens is 187 g/mol. The van der Waals surface area contributed by atoms with Gasteiger partial charge in [0.1, 0.15) is 5.82 Å². The van der Waals surface area contributed by atoms with Crippen LogP contribution in [0.1, 0.15) is 11.1 Å². The van der Waals surface area contributed by atoms with E-state index >= 15 is 0 Å². The van der Waals surface area contributed by atoms with Gasteiger partial charge in [-0.15, -0.1) is 0 Å². The quantitative estimate of drug-likeness (QED) is 0.651. The van der Waals surface area contributed by atoms with Crippen LogP contribution >= 0.6 is 0 Å². The highest BCUT2D eigenvalue weighted by atomic mass is 19.1.